The monoisotopic (exact) mass is 432 g/mol. The van der Waals surface area contributed by atoms with Crippen molar-refractivity contribution in [2.45, 2.75) is 32.6 Å². The van der Waals surface area contributed by atoms with Crippen molar-refractivity contribution in [1.82, 2.24) is 24.6 Å². The third kappa shape index (κ3) is 3.59. The van der Waals surface area contributed by atoms with Gasteiger partial charge in [0.25, 0.3) is 0 Å². The van der Waals surface area contributed by atoms with E-state index in [2.05, 4.69) is 20.4 Å². The van der Waals surface area contributed by atoms with E-state index < -0.39 is 6.03 Å². The fourth-order valence-electron chi connectivity index (χ4n) is 4.30. The SMILES string of the molecule is Cc1nc(NC(=O)N2CCC3(CCC3)C2=O)ccc1Oc1ccnc(-c2cnn(C)c2)c1. The van der Waals surface area contributed by atoms with E-state index in [4.69, 9.17) is 4.74 Å². The standard InChI is InChI=1S/C23H24N6O3/c1-15-19(32-17-6-10-24-18(12-17)16-13-25-28(2)14-16)4-5-20(26-15)27-22(31)29-11-9-23(21(29)30)7-3-8-23/h4-6,10,12-14H,3,7-9,11H2,1-2H3,(H,26,27,31). The molecule has 1 saturated heterocycles. The molecule has 4 heterocycles. The first-order chi connectivity index (χ1) is 15.4. The van der Waals surface area contributed by atoms with Crippen LogP contribution in [0.15, 0.2) is 42.9 Å². The lowest BCUT2D eigenvalue weighted by molar-refractivity contribution is -0.137. The van der Waals surface area contributed by atoms with Crippen molar-refractivity contribution in [3.05, 3.63) is 48.5 Å². The van der Waals surface area contributed by atoms with Crippen LogP contribution in [-0.2, 0) is 11.8 Å². The van der Waals surface area contributed by atoms with Gasteiger partial charge < -0.3 is 4.74 Å². The first-order valence-electron chi connectivity index (χ1n) is 10.7. The summed E-state index contributed by atoms with van der Waals surface area (Å²) in [7, 11) is 1.85. The molecule has 1 spiro atoms. The zero-order valence-corrected chi connectivity index (χ0v) is 18.0. The van der Waals surface area contributed by atoms with E-state index in [1.54, 1.807) is 42.2 Å². The topological polar surface area (TPSA) is 102 Å². The average molecular weight is 432 g/mol. The summed E-state index contributed by atoms with van der Waals surface area (Å²) in [4.78, 5) is 35.4. The second-order valence-electron chi connectivity index (χ2n) is 8.43. The van der Waals surface area contributed by atoms with Gasteiger partial charge in [-0.15, -0.1) is 0 Å². The molecule has 0 aromatic carbocycles. The summed E-state index contributed by atoms with van der Waals surface area (Å²) in [5.41, 5.74) is 1.97. The molecule has 3 aromatic rings. The highest BCUT2D eigenvalue weighted by molar-refractivity contribution is 6.04. The Morgan fingerprint density at radius 2 is 2.06 bits per heavy atom. The molecule has 32 heavy (non-hydrogen) atoms. The van der Waals surface area contributed by atoms with Crippen molar-refractivity contribution < 1.29 is 14.3 Å². The number of hydrogen-bond acceptors (Lipinski definition) is 6. The first-order valence-corrected chi connectivity index (χ1v) is 10.7. The maximum Gasteiger partial charge on any atom is 0.329 e. The molecule has 164 valence electrons. The van der Waals surface area contributed by atoms with Gasteiger partial charge in [-0.2, -0.15) is 5.10 Å². The molecule has 1 aliphatic heterocycles. The normalized spacial score (nSPS) is 16.8. The van der Waals surface area contributed by atoms with E-state index in [-0.39, 0.29) is 11.3 Å². The van der Waals surface area contributed by atoms with Crippen molar-refractivity contribution in [2.24, 2.45) is 12.5 Å². The molecule has 9 heteroatoms. The molecular formula is C23H24N6O3. The number of aromatic nitrogens is 4. The second kappa shape index (κ2) is 7.74. The number of likely N-dealkylation sites (tertiary alicyclic amines) is 1. The number of nitrogens with one attached hydrogen (secondary N) is 1. The van der Waals surface area contributed by atoms with Gasteiger partial charge in [-0.1, -0.05) is 6.42 Å². The van der Waals surface area contributed by atoms with Gasteiger partial charge in [-0.3, -0.25) is 24.7 Å². The number of nitrogens with zero attached hydrogens (tertiary/aromatic N) is 5. The molecular weight excluding hydrogens is 408 g/mol. The lowest BCUT2D eigenvalue weighted by atomic mass is 9.68. The van der Waals surface area contributed by atoms with E-state index >= 15 is 0 Å². The number of anilines is 1. The predicted molar refractivity (Wildman–Crippen MR) is 117 cm³/mol. The summed E-state index contributed by atoms with van der Waals surface area (Å²) < 4.78 is 7.71. The highest BCUT2D eigenvalue weighted by atomic mass is 16.5. The number of amides is 3. The maximum absolute atomic E-state index is 12.6. The molecule has 0 atom stereocenters. The van der Waals surface area contributed by atoms with E-state index in [0.29, 0.717) is 29.6 Å². The molecule has 1 saturated carbocycles. The number of rotatable bonds is 4. The Morgan fingerprint density at radius 1 is 1.22 bits per heavy atom. The maximum atomic E-state index is 12.6. The van der Waals surface area contributed by atoms with Crippen molar-refractivity contribution in [3.63, 3.8) is 0 Å². The van der Waals surface area contributed by atoms with Gasteiger partial charge in [0.15, 0.2) is 0 Å². The van der Waals surface area contributed by atoms with Crippen LogP contribution >= 0.6 is 0 Å². The summed E-state index contributed by atoms with van der Waals surface area (Å²) in [6, 6.07) is 6.60. The number of ether oxygens (including phenoxy) is 1. The minimum Gasteiger partial charge on any atom is -0.455 e. The first kappa shape index (κ1) is 20.2. The lowest BCUT2D eigenvalue weighted by Crippen LogP contribution is -2.43. The minimum atomic E-state index is -0.422. The van der Waals surface area contributed by atoms with Crippen molar-refractivity contribution in [2.75, 3.05) is 11.9 Å². The van der Waals surface area contributed by atoms with Gasteiger partial charge in [0, 0.05) is 37.6 Å². The number of carbonyl (C=O) groups excluding carboxylic acids is 2. The minimum absolute atomic E-state index is 0.0555. The Morgan fingerprint density at radius 3 is 2.72 bits per heavy atom. The van der Waals surface area contributed by atoms with Gasteiger partial charge in [-0.25, -0.2) is 9.78 Å². The van der Waals surface area contributed by atoms with E-state index in [9.17, 15) is 9.59 Å². The lowest BCUT2D eigenvalue weighted by Gasteiger charge is -2.35. The summed E-state index contributed by atoms with van der Waals surface area (Å²) in [6.07, 6.45) is 8.89. The highest BCUT2D eigenvalue weighted by Crippen LogP contribution is 2.49. The number of pyridine rings is 2. The van der Waals surface area contributed by atoms with Gasteiger partial charge >= 0.3 is 6.03 Å². The summed E-state index contributed by atoms with van der Waals surface area (Å²) >= 11 is 0. The number of aryl methyl sites for hydroxylation is 2. The van der Waals surface area contributed by atoms with Crippen LogP contribution in [-0.4, -0.2) is 43.1 Å². The van der Waals surface area contributed by atoms with E-state index in [1.165, 1.54) is 4.90 Å². The third-order valence-electron chi connectivity index (χ3n) is 6.30. The molecule has 0 unspecified atom stereocenters. The fraction of sp³-hybridized carbons (Fsp3) is 0.348. The molecule has 2 fully saturated rings. The van der Waals surface area contributed by atoms with E-state index in [0.717, 1.165) is 36.9 Å². The van der Waals surface area contributed by atoms with Crippen LogP contribution < -0.4 is 10.1 Å². The number of hydrogen-bond donors (Lipinski definition) is 1. The molecule has 1 aliphatic carbocycles. The van der Waals surface area contributed by atoms with Crippen LogP contribution in [0.4, 0.5) is 10.6 Å². The molecule has 3 aromatic heterocycles. The largest absolute Gasteiger partial charge is 0.455 e. The van der Waals surface area contributed by atoms with E-state index in [1.807, 2.05) is 19.3 Å². The van der Waals surface area contributed by atoms with Gasteiger partial charge in [0.05, 0.1) is 23.0 Å². The number of imide groups is 1. The van der Waals surface area contributed by atoms with Gasteiger partial charge in [-0.05, 0) is 44.4 Å². The molecule has 3 amide bonds. The van der Waals surface area contributed by atoms with Crippen molar-refractivity contribution >= 4 is 17.8 Å². The summed E-state index contributed by atoms with van der Waals surface area (Å²) in [5, 5.41) is 6.92. The highest BCUT2D eigenvalue weighted by Gasteiger charge is 2.52. The van der Waals surface area contributed by atoms with Gasteiger partial charge in [0.2, 0.25) is 5.91 Å². The molecule has 1 N–H and O–H groups in total. The Balaban J connectivity index is 1.27. The second-order valence-corrected chi connectivity index (χ2v) is 8.43. The van der Waals surface area contributed by atoms with Crippen LogP contribution in [0, 0.1) is 12.3 Å². The van der Waals surface area contributed by atoms with Crippen LogP contribution in [0.1, 0.15) is 31.4 Å². The summed E-state index contributed by atoms with van der Waals surface area (Å²) in [5.74, 6) is 1.51. The Kier molecular flexibility index (Phi) is 4.88. The quantitative estimate of drug-likeness (QED) is 0.671. The Bertz CT molecular complexity index is 1200. The van der Waals surface area contributed by atoms with Crippen molar-refractivity contribution in [1.29, 1.82) is 0 Å². The molecule has 9 nitrogen and oxygen atoms in total. The van der Waals surface area contributed by atoms with Crippen LogP contribution in [0.25, 0.3) is 11.3 Å². The smallest absolute Gasteiger partial charge is 0.329 e. The fourth-order valence-corrected chi connectivity index (χ4v) is 4.30. The van der Waals surface area contributed by atoms with Crippen LogP contribution in [0.3, 0.4) is 0 Å². The Labute approximate surface area is 185 Å². The third-order valence-corrected chi connectivity index (χ3v) is 6.30. The zero-order valence-electron chi connectivity index (χ0n) is 18.0. The Hall–Kier alpha value is -3.75. The van der Waals surface area contributed by atoms with Crippen molar-refractivity contribution in [3.8, 4) is 22.8 Å². The predicted octanol–water partition coefficient (Wildman–Crippen LogP) is 3.91. The zero-order chi connectivity index (χ0) is 22.3. The van der Waals surface area contributed by atoms with Gasteiger partial charge in [0.1, 0.15) is 17.3 Å². The number of urea groups is 1. The molecule has 0 radical (unpaired) electrons. The van der Waals surface area contributed by atoms with Crippen LogP contribution in [0.5, 0.6) is 11.5 Å². The molecule has 5 rings (SSSR count). The average Bonchev–Trinajstić information content (AvgIpc) is 3.33. The summed E-state index contributed by atoms with van der Waals surface area (Å²) in [6.45, 7) is 2.27. The number of carbonyl (C=O) groups is 2. The van der Waals surface area contributed by atoms with Crippen LogP contribution in [0.2, 0.25) is 0 Å². The molecule has 0 bridgehead atoms. The molecule has 2 aliphatic rings.